The Morgan fingerprint density at radius 2 is 1.52 bits per heavy atom. The molecule has 0 aromatic carbocycles. The van der Waals surface area contributed by atoms with Gasteiger partial charge in [-0.05, 0) is 19.3 Å². The number of hydrogen-bond acceptors (Lipinski definition) is 1. The first-order valence-electron chi connectivity index (χ1n) is 8.81. The molecule has 0 spiro atoms. The van der Waals surface area contributed by atoms with Gasteiger partial charge >= 0.3 is 0 Å². The summed E-state index contributed by atoms with van der Waals surface area (Å²) in [7, 11) is 2.09. The Bertz CT molecular complexity index is 600. The van der Waals surface area contributed by atoms with Crippen molar-refractivity contribution in [1.82, 2.24) is 9.13 Å². The van der Waals surface area contributed by atoms with Gasteiger partial charge in [-0.3, -0.25) is 0 Å². The molecular weight excluding hydrogens is 288 g/mol. The molecule has 0 radical (unpaired) electrons. The van der Waals surface area contributed by atoms with Crippen LogP contribution in [-0.2, 0) is 26.7 Å². The molecule has 1 N–H and O–H groups in total. The second-order valence-electron chi connectivity index (χ2n) is 6.37. The summed E-state index contributed by atoms with van der Waals surface area (Å²) in [4.78, 5) is 0. The summed E-state index contributed by atoms with van der Waals surface area (Å²) in [6, 6.07) is 0. The van der Waals surface area contributed by atoms with Gasteiger partial charge in [0.25, 0.3) is 11.6 Å². The lowest BCUT2D eigenvalue weighted by atomic mass is 10.2. The molecule has 2 aromatic heterocycles. The van der Waals surface area contributed by atoms with E-state index in [0.29, 0.717) is 6.61 Å². The van der Waals surface area contributed by atoms with E-state index in [0.717, 1.165) is 38.9 Å². The molecule has 0 aliphatic rings. The molecule has 0 aliphatic carbocycles. The Morgan fingerprint density at radius 1 is 0.870 bits per heavy atom. The van der Waals surface area contributed by atoms with Crippen molar-refractivity contribution in [1.29, 1.82) is 0 Å². The third-order valence-electron chi connectivity index (χ3n) is 4.76. The average Bonchev–Trinajstić information content (AvgIpc) is 3.05. The summed E-state index contributed by atoms with van der Waals surface area (Å²) in [5.74, 6) is 2.63. The van der Waals surface area contributed by atoms with Crippen molar-refractivity contribution in [2.45, 2.75) is 65.6 Å². The van der Waals surface area contributed by atoms with E-state index in [-0.39, 0.29) is 0 Å². The Morgan fingerprint density at radius 3 is 2.22 bits per heavy atom. The zero-order valence-corrected chi connectivity index (χ0v) is 14.9. The quantitative estimate of drug-likeness (QED) is 0.525. The number of aliphatic hydroxyl groups excluding tert-OH is 1. The summed E-state index contributed by atoms with van der Waals surface area (Å²) in [5.41, 5.74) is 0. The number of unbranched alkanes of at least 4 members (excludes halogenated alkanes) is 3. The van der Waals surface area contributed by atoms with E-state index in [1.54, 1.807) is 0 Å². The van der Waals surface area contributed by atoms with Crippen molar-refractivity contribution in [2.24, 2.45) is 7.05 Å². The van der Waals surface area contributed by atoms with Gasteiger partial charge in [-0.1, -0.05) is 6.42 Å². The van der Waals surface area contributed by atoms with Crippen LogP contribution in [-0.4, -0.2) is 20.8 Å². The molecule has 0 bridgehead atoms. The van der Waals surface area contributed by atoms with Gasteiger partial charge in [0.1, 0.15) is 24.8 Å². The van der Waals surface area contributed by atoms with Crippen molar-refractivity contribution in [3.8, 4) is 0 Å². The van der Waals surface area contributed by atoms with Crippen LogP contribution >= 0.6 is 0 Å². The number of imidazole rings is 2. The Labute approximate surface area is 139 Å². The monoisotopic (exact) mass is 320 g/mol. The number of hydrogen-bond donors (Lipinski definition) is 1. The normalized spacial score (nSPS) is 11.3. The molecule has 0 atom stereocenters. The molecular formula is C18H32N4O+2. The minimum Gasteiger partial charge on any atom is -0.396 e. The molecule has 0 saturated carbocycles. The third kappa shape index (κ3) is 4.93. The number of aliphatic hydroxyl groups is 1. The van der Waals surface area contributed by atoms with Crippen LogP contribution in [0.3, 0.4) is 0 Å². The maximum Gasteiger partial charge on any atom is 0.253 e. The molecule has 0 fully saturated rings. The van der Waals surface area contributed by atoms with Crippen LogP contribution in [0.5, 0.6) is 0 Å². The van der Waals surface area contributed by atoms with Crippen LogP contribution in [0, 0.1) is 13.8 Å². The fraction of sp³-hybridized carbons (Fsp3) is 0.667. The van der Waals surface area contributed by atoms with Crippen molar-refractivity contribution in [3.05, 3.63) is 36.4 Å². The van der Waals surface area contributed by atoms with Crippen molar-refractivity contribution in [2.75, 3.05) is 6.61 Å². The minimum atomic E-state index is 0.321. The predicted octanol–water partition coefficient (Wildman–Crippen LogP) is 1.66. The first kappa shape index (κ1) is 17.7. The molecule has 2 heterocycles. The zero-order valence-electron chi connectivity index (χ0n) is 14.9. The summed E-state index contributed by atoms with van der Waals surface area (Å²) in [5, 5.41) is 8.80. The second-order valence-corrected chi connectivity index (χ2v) is 6.37. The lowest BCUT2D eigenvalue weighted by molar-refractivity contribution is -0.703. The molecule has 128 valence electrons. The van der Waals surface area contributed by atoms with Crippen molar-refractivity contribution in [3.63, 3.8) is 0 Å². The van der Waals surface area contributed by atoms with E-state index in [4.69, 9.17) is 5.11 Å². The van der Waals surface area contributed by atoms with Gasteiger partial charge in [0.2, 0.25) is 0 Å². The highest BCUT2D eigenvalue weighted by Gasteiger charge is 2.13. The number of aromatic nitrogens is 4. The Balaban J connectivity index is 1.76. The van der Waals surface area contributed by atoms with E-state index in [1.165, 1.54) is 24.5 Å². The van der Waals surface area contributed by atoms with Crippen molar-refractivity contribution < 1.29 is 14.2 Å². The molecule has 23 heavy (non-hydrogen) atoms. The van der Waals surface area contributed by atoms with Gasteiger partial charge < -0.3 is 5.11 Å². The number of aryl methyl sites for hydroxylation is 4. The van der Waals surface area contributed by atoms with Crippen LogP contribution in [0.15, 0.2) is 24.8 Å². The van der Waals surface area contributed by atoms with Crippen LogP contribution in [0.4, 0.5) is 0 Å². The largest absolute Gasteiger partial charge is 0.396 e. The SMILES string of the molecule is Cc1n(CCC[n+]2ccn(CCCCCCO)c2C)cc[n+]1C. The lowest BCUT2D eigenvalue weighted by Crippen LogP contribution is -2.36. The van der Waals surface area contributed by atoms with Crippen LogP contribution in [0.25, 0.3) is 0 Å². The molecule has 2 aromatic rings. The van der Waals surface area contributed by atoms with Gasteiger partial charge in [0, 0.05) is 26.9 Å². The first-order valence-corrected chi connectivity index (χ1v) is 8.81. The first-order chi connectivity index (χ1) is 11.1. The molecule has 5 heteroatoms. The molecule has 2 rings (SSSR count). The maximum atomic E-state index is 8.80. The molecule has 0 aliphatic heterocycles. The van der Waals surface area contributed by atoms with E-state index in [1.807, 2.05) is 0 Å². The lowest BCUT2D eigenvalue weighted by Gasteiger charge is -2.02. The standard InChI is InChI=1S/C18H32N4O/c1-17-19(3)12-13-20(17)10-8-11-22-15-14-21(18(22)2)9-6-4-5-7-16-23/h12-15,23H,4-11,16H2,1-3H3/q+2. The predicted molar refractivity (Wildman–Crippen MR) is 89.9 cm³/mol. The van der Waals surface area contributed by atoms with E-state index >= 15 is 0 Å². The summed E-state index contributed by atoms with van der Waals surface area (Å²) < 4.78 is 9.17. The fourth-order valence-corrected chi connectivity index (χ4v) is 3.01. The molecule has 0 unspecified atom stereocenters. The summed E-state index contributed by atoms with van der Waals surface area (Å²) in [6.07, 6.45) is 14.3. The van der Waals surface area contributed by atoms with Gasteiger partial charge in [0.15, 0.2) is 0 Å². The second kappa shape index (κ2) is 8.87. The molecule has 0 amide bonds. The van der Waals surface area contributed by atoms with Gasteiger partial charge in [0.05, 0.1) is 26.7 Å². The highest BCUT2D eigenvalue weighted by atomic mass is 16.2. The van der Waals surface area contributed by atoms with Crippen LogP contribution < -0.4 is 9.13 Å². The van der Waals surface area contributed by atoms with Gasteiger partial charge in [-0.25, -0.2) is 18.3 Å². The van der Waals surface area contributed by atoms with Gasteiger partial charge in [-0.2, -0.15) is 0 Å². The maximum absolute atomic E-state index is 8.80. The van der Waals surface area contributed by atoms with E-state index in [2.05, 4.69) is 64.0 Å². The zero-order chi connectivity index (χ0) is 16.7. The summed E-state index contributed by atoms with van der Waals surface area (Å²) in [6.45, 7) is 7.88. The van der Waals surface area contributed by atoms with E-state index in [9.17, 15) is 0 Å². The third-order valence-corrected chi connectivity index (χ3v) is 4.76. The van der Waals surface area contributed by atoms with Crippen LogP contribution in [0.1, 0.15) is 43.8 Å². The summed E-state index contributed by atoms with van der Waals surface area (Å²) >= 11 is 0. The number of rotatable bonds is 10. The fourth-order valence-electron chi connectivity index (χ4n) is 3.01. The van der Waals surface area contributed by atoms with E-state index < -0.39 is 0 Å². The number of nitrogens with zero attached hydrogens (tertiary/aromatic N) is 4. The minimum absolute atomic E-state index is 0.321. The average molecular weight is 320 g/mol. The van der Waals surface area contributed by atoms with Crippen LogP contribution in [0.2, 0.25) is 0 Å². The highest BCUT2D eigenvalue weighted by molar-refractivity contribution is 4.80. The highest BCUT2D eigenvalue weighted by Crippen LogP contribution is 2.04. The smallest absolute Gasteiger partial charge is 0.253 e. The van der Waals surface area contributed by atoms with Gasteiger partial charge in [-0.15, -0.1) is 0 Å². The molecule has 5 nitrogen and oxygen atoms in total. The van der Waals surface area contributed by atoms with Crippen molar-refractivity contribution >= 4 is 0 Å². The Hall–Kier alpha value is -1.62. The topological polar surface area (TPSA) is 37.9 Å². The Kier molecular flexibility index (Phi) is 6.84. The molecule has 0 saturated heterocycles.